The Morgan fingerprint density at radius 2 is 2.09 bits per heavy atom. The van der Waals surface area contributed by atoms with Crippen LogP contribution >= 0.6 is 0 Å². The van der Waals surface area contributed by atoms with Gasteiger partial charge in [-0.05, 0) is 44.7 Å². The second-order valence-electron chi connectivity index (χ2n) is 6.54. The van der Waals surface area contributed by atoms with Gasteiger partial charge < -0.3 is 15.4 Å². The molecule has 22 heavy (non-hydrogen) atoms. The second-order valence-corrected chi connectivity index (χ2v) is 6.54. The fourth-order valence-corrected chi connectivity index (χ4v) is 3.59. The minimum atomic E-state index is -0.103. The fourth-order valence-electron chi connectivity index (χ4n) is 3.59. The van der Waals surface area contributed by atoms with Gasteiger partial charge >= 0.3 is 0 Å². The summed E-state index contributed by atoms with van der Waals surface area (Å²) in [5.74, 6) is 0.0917. The highest BCUT2D eigenvalue weighted by Gasteiger charge is 2.34. The average molecular weight is 302 g/mol. The molecule has 0 aromatic heterocycles. The molecule has 4 nitrogen and oxygen atoms in total. The minimum absolute atomic E-state index is 0.0682. The number of rotatable bonds is 3. The molecule has 0 spiro atoms. The van der Waals surface area contributed by atoms with E-state index in [-0.39, 0.29) is 17.9 Å². The number of nitrogens with one attached hydrogen (secondary N) is 2. The maximum Gasteiger partial charge on any atom is 0.226 e. The van der Waals surface area contributed by atoms with Gasteiger partial charge in [-0.25, -0.2) is 0 Å². The van der Waals surface area contributed by atoms with E-state index < -0.39 is 0 Å². The van der Waals surface area contributed by atoms with Crippen molar-refractivity contribution in [1.82, 2.24) is 10.6 Å². The van der Waals surface area contributed by atoms with Crippen LogP contribution in [0.3, 0.4) is 0 Å². The van der Waals surface area contributed by atoms with Gasteiger partial charge in [0.05, 0.1) is 12.0 Å². The molecule has 2 aliphatic rings. The van der Waals surface area contributed by atoms with Crippen molar-refractivity contribution >= 4 is 5.91 Å². The Morgan fingerprint density at radius 1 is 1.27 bits per heavy atom. The third-order valence-electron chi connectivity index (χ3n) is 4.76. The minimum Gasteiger partial charge on any atom is -0.373 e. The first-order chi connectivity index (χ1) is 10.7. The number of ether oxygens (including phenoxy) is 1. The molecule has 0 aliphatic carbocycles. The lowest BCUT2D eigenvalue weighted by Crippen LogP contribution is -2.49. The van der Waals surface area contributed by atoms with Crippen molar-refractivity contribution in [1.29, 1.82) is 0 Å². The first kappa shape index (κ1) is 15.5. The van der Waals surface area contributed by atoms with E-state index in [0.717, 1.165) is 44.4 Å². The van der Waals surface area contributed by atoms with Crippen LogP contribution in [0.1, 0.15) is 44.3 Å². The van der Waals surface area contributed by atoms with Gasteiger partial charge in [0.25, 0.3) is 0 Å². The van der Waals surface area contributed by atoms with Crippen molar-refractivity contribution in [2.24, 2.45) is 5.92 Å². The molecule has 0 saturated carbocycles. The summed E-state index contributed by atoms with van der Waals surface area (Å²) in [6.07, 6.45) is 3.79. The zero-order valence-corrected chi connectivity index (χ0v) is 13.3. The van der Waals surface area contributed by atoms with Crippen LogP contribution in [0.5, 0.6) is 0 Å². The largest absolute Gasteiger partial charge is 0.373 e. The Morgan fingerprint density at radius 3 is 2.86 bits per heavy atom. The van der Waals surface area contributed by atoms with Gasteiger partial charge in [0.15, 0.2) is 0 Å². The number of benzene rings is 1. The molecule has 1 amide bonds. The third-order valence-corrected chi connectivity index (χ3v) is 4.76. The first-order valence-corrected chi connectivity index (χ1v) is 8.44. The Labute approximate surface area is 132 Å². The van der Waals surface area contributed by atoms with Gasteiger partial charge in [-0.3, -0.25) is 4.79 Å². The lowest BCUT2D eigenvalue weighted by atomic mass is 9.88. The molecular formula is C18H26N2O2. The second kappa shape index (κ2) is 7.25. The molecule has 0 bridgehead atoms. The lowest BCUT2D eigenvalue weighted by molar-refractivity contribution is -0.135. The molecule has 3 rings (SSSR count). The van der Waals surface area contributed by atoms with Gasteiger partial charge in [0.1, 0.15) is 0 Å². The molecule has 4 heteroatoms. The molecule has 1 aromatic carbocycles. The summed E-state index contributed by atoms with van der Waals surface area (Å²) in [4.78, 5) is 12.7. The SMILES string of the molecule is CC1CC(NC(=O)C2CCCOC2c2ccccc2)CCN1. The van der Waals surface area contributed by atoms with E-state index >= 15 is 0 Å². The van der Waals surface area contributed by atoms with Crippen LogP contribution in [0.4, 0.5) is 0 Å². The lowest BCUT2D eigenvalue weighted by Gasteiger charge is -2.34. The van der Waals surface area contributed by atoms with E-state index in [1.54, 1.807) is 0 Å². The highest BCUT2D eigenvalue weighted by molar-refractivity contribution is 5.80. The molecule has 4 atom stereocenters. The molecule has 0 radical (unpaired) electrons. The number of piperidine rings is 1. The molecule has 2 aliphatic heterocycles. The average Bonchev–Trinajstić information content (AvgIpc) is 2.56. The van der Waals surface area contributed by atoms with E-state index in [1.807, 2.05) is 18.2 Å². The quantitative estimate of drug-likeness (QED) is 0.901. The van der Waals surface area contributed by atoms with Crippen LogP contribution < -0.4 is 10.6 Å². The van der Waals surface area contributed by atoms with Gasteiger partial charge in [0.2, 0.25) is 5.91 Å². The fraction of sp³-hybridized carbons (Fsp3) is 0.611. The van der Waals surface area contributed by atoms with Crippen LogP contribution in [0.25, 0.3) is 0 Å². The van der Waals surface area contributed by atoms with Crippen LogP contribution in [-0.2, 0) is 9.53 Å². The monoisotopic (exact) mass is 302 g/mol. The number of hydrogen-bond donors (Lipinski definition) is 2. The molecule has 2 fully saturated rings. The predicted molar refractivity (Wildman–Crippen MR) is 86.5 cm³/mol. The molecule has 2 saturated heterocycles. The Bertz CT molecular complexity index is 491. The van der Waals surface area contributed by atoms with E-state index in [0.29, 0.717) is 12.1 Å². The maximum atomic E-state index is 12.7. The Balaban J connectivity index is 1.66. The molecule has 120 valence electrons. The highest BCUT2D eigenvalue weighted by Crippen LogP contribution is 2.33. The van der Waals surface area contributed by atoms with Gasteiger partial charge in [-0.2, -0.15) is 0 Å². The van der Waals surface area contributed by atoms with E-state index in [2.05, 4.69) is 29.7 Å². The van der Waals surface area contributed by atoms with Crippen molar-refractivity contribution < 1.29 is 9.53 Å². The number of carbonyl (C=O) groups excluding carboxylic acids is 1. The smallest absolute Gasteiger partial charge is 0.226 e. The highest BCUT2D eigenvalue weighted by atomic mass is 16.5. The van der Waals surface area contributed by atoms with Crippen LogP contribution in [0, 0.1) is 5.92 Å². The van der Waals surface area contributed by atoms with Crippen LogP contribution in [0.2, 0.25) is 0 Å². The zero-order chi connectivity index (χ0) is 15.4. The number of hydrogen-bond acceptors (Lipinski definition) is 3. The van der Waals surface area contributed by atoms with Crippen molar-refractivity contribution in [3.8, 4) is 0 Å². The van der Waals surface area contributed by atoms with Gasteiger partial charge in [-0.15, -0.1) is 0 Å². The molecule has 4 unspecified atom stereocenters. The van der Waals surface area contributed by atoms with Crippen molar-refractivity contribution in [2.45, 2.75) is 50.8 Å². The molecule has 1 aromatic rings. The van der Waals surface area contributed by atoms with E-state index in [9.17, 15) is 4.79 Å². The predicted octanol–water partition coefficient (Wildman–Crippen LogP) is 2.41. The summed E-state index contributed by atoms with van der Waals surface area (Å²) in [5, 5.41) is 6.68. The van der Waals surface area contributed by atoms with Crippen LogP contribution in [0.15, 0.2) is 30.3 Å². The van der Waals surface area contributed by atoms with E-state index in [1.165, 1.54) is 0 Å². The molecular weight excluding hydrogens is 276 g/mol. The van der Waals surface area contributed by atoms with Gasteiger partial charge in [0, 0.05) is 18.7 Å². The third kappa shape index (κ3) is 3.68. The van der Waals surface area contributed by atoms with Crippen molar-refractivity contribution in [3.63, 3.8) is 0 Å². The van der Waals surface area contributed by atoms with E-state index in [4.69, 9.17) is 4.74 Å². The zero-order valence-electron chi connectivity index (χ0n) is 13.3. The summed E-state index contributed by atoms with van der Waals surface area (Å²) >= 11 is 0. The molecule has 2 N–H and O–H groups in total. The maximum absolute atomic E-state index is 12.7. The van der Waals surface area contributed by atoms with Crippen molar-refractivity contribution in [3.05, 3.63) is 35.9 Å². The molecule has 2 heterocycles. The summed E-state index contributed by atoms with van der Waals surface area (Å²) in [6.45, 7) is 3.90. The Hall–Kier alpha value is -1.39. The summed E-state index contributed by atoms with van der Waals surface area (Å²) in [5.41, 5.74) is 1.11. The van der Waals surface area contributed by atoms with Crippen molar-refractivity contribution in [2.75, 3.05) is 13.2 Å². The topological polar surface area (TPSA) is 50.4 Å². The summed E-state index contributed by atoms with van der Waals surface area (Å²) in [6, 6.07) is 10.9. The number of amides is 1. The standard InChI is InChI=1S/C18H26N2O2/c1-13-12-15(9-10-19-13)20-18(21)16-8-5-11-22-17(16)14-6-3-2-4-7-14/h2-4,6-7,13,15-17,19H,5,8-12H2,1H3,(H,20,21). The first-order valence-electron chi connectivity index (χ1n) is 8.44. The van der Waals surface area contributed by atoms with Gasteiger partial charge in [-0.1, -0.05) is 30.3 Å². The number of carbonyl (C=O) groups is 1. The normalized spacial score (nSPS) is 32.4. The Kier molecular flexibility index (Phi) is 5.11. The van der Waals surface area contributed by atoms with Crippen LogP contribution in [-0.4, -0.2) is 31.1 Å². The summed E-state index contributed by atoms with van der Waals surface area (Å²) in [7, 11) is 0. The summed E-state index contributed by atoms with van der Waals surface area (Å²) < 4.78 is 5.93.